The van der Waals surface area contributed by atoms with Crippen molar-refractivity contribution in [2.45, 2.75) is 32.6 Å². The maximum Gasteiger partial charge on any atom is 1.00 e. The fourth-order valence-corrected chi connectivity index (χ4v) is 2.71. The molecule has 0 amide bonds. The van der Waals surface area contributed by atoms with Gasteiger partial charge in [-0.05, 0) is 57.3 Å². The first kappa shape index (κ1) is 13.8. The number of nitrogens with one attached hydrogen (secondary N) is 1. The molecule has 0 saturated carbocycles. The van der Waals surface area contributed by atoms with E-state index in [1.54, 1.807) is 0 Å². The molecule has 0 aromatic rings. The molecular formula is C11H21N2Rb. The smallest absolute Gasteiger partial charge is 0.457 e. The van der Waals surface area contributed by atoms with Gasteiger partial charge >= 0.3 is 58.2 Å². The van der Waals surface area contributed by atoms with Gasteiger partial charge in [0.1, 0.15) is 0 Å². The first-order valence-corrected chi connectivity index (χ1v) is 5.59. The summed E-state index contributed by atoms with van der Waals surface area (Å²) in [5.74, 6) is 0. The Morgan fingerprint density at radius 1 is 1.07 bits per heavy atom. The number of rotatable bonds is 1. The standard InChI is InChI=1S/C11H21N2.Rb/c1-2-13-9-5-11(6-10-13)3-7-12-8-4-11;/h2,12H,3-10H2,1H3;/q-1;+1. The zero-order valence-electron chi connectivity index (χ0n) is 9.68. The van der Waals surface area contributed by atoms with Crippen LogP contribution in [-0.2, 0) is 0 Å². The first-order chi connectivity index (χ1) is 6.35. The number of likely N-dealkylation sites (tertiary alicyclic amines) is 1. The Balaban J connectivity index is 0.000000980. The predicted molar refractivity (Wildman–Crippen MR) is 55.3 cm³/mol. The molecule has 2 rings (SSSR count). The van der Waals surface area contributed by atoms with E-state index >= 15 is 0 Å². The SMILES string of the molecule is C[CH-]N1CCC2(CCNCC2)CC1.[Rb+]. The van der Waals surface area contributed by atoms with Crippen LogP contribution in [0.5, 0.6) is 0 Å². The van der Waals surface area contributed by atoms with Crippen LogP contribution < -0.4 is 63.5 Å². The Hall–Kier alpha value is 1.73. The minimum Gasteiger partial charge on any atom is -0.457 e. The summed E-state index contributed by atoms with van der Waals surface area (Å²) in [7, 11) is 0. The molecule has 76 valence electrons. The average Bonchev–Trinajstić information content (AvgIpc) is 2.20. The van der Waals surface area contributed by atoms with Gasteiger partial charge in [-0.1, -0.05) is 0 Å². The summed E-state index contributed by atoms with van der Waals surface area (Å²) in [4.78, 5) is 2.47. The molecule has 1 spiro atoms. The van der Waals surface area contributed by atoms with E-state index in [-0.39, 0.29) is 58.2 Å². The summed E-state index contributed by atoms with van der Waals surface area (Å²) in [5, 5.41) is 3.46. The number of nitrogens with zero attached hydrogens (tertiary/aromatic N) is 1. The van der Waals surface area contributed by atoms with Gasteiger partial charge in [0.05, 0.1) is 0 Å². The van der Waals surface area contributed by atoms with Gasteiger partial charge in [0.15, 0.2) is 0 Å². The number of hydrogen-bond donors (Lipinski definition) is 1. The second kappa shape index (κ2) is 6.46. The van der Waals surface area contributed by atoms with E-state index in [1.165, 1.54) is 51.9 Å². The maximum atomic E-state index is 3.46. The normalized spacial score (nSPS) is 27.2. The zero-order chi connectivity index (χ0) is 9.15. The van der Waals surface area contributed by atoms with Crippen molar-refractivity contribution in [2.75, 3.05) is 26.2 Å². The molecule has 0 bridgehead atoms. The van der Waals surface area contributed by atoms with Crippen LogP contribution in [0.4, 0.5) is 0 Å². The van der Waals surface area contributed by atoms with Crippen LogP contribution in [0.2, 0.25) is 0 Å². The third kappa shape index (κ3) is 3.36. The molecule has 3 heteroatoms. The summed E-state index contributed by atoms with van der Waals surface area (Å²) in [5.41, 5.74) is 0.713. The topological polar surface area (TPSA) is 15.3 Å². The number of hydrogen-bond acceptors (Lipinski definition) is 2. The number of piperidine rings is 2. The maximum absolute atomic E-state index is 3.46. The largest absolute Gasteiger partial charge is 1.00 e. The molecule has 2 saturated heterocycles. The third-order valence-corrected chi connectivity index (χ3v) is 3.89. The molecular weight excluding hydrogens is 246 g/mol. The van der Waals surface area contributed by atoms with Crippen molar-refractivity contribution < 1.29 is 58.2 Å². The van der Waals surface area contributed by atoms with Crippen LogP contribution in [0.1, 0.15) is 32.6 Å². The van der Waals surface area contributed by atoms with Gasteiger partial charge in [-0.2, -0.15) is 6.92 Å². The summed E-state index contributed by atoms with van der Waals surface area (Å²) in [6.07, 6.45) is 5.65. The fraction of sp³-hybridized carbons (Fsp3) is 0.909. The van der Waals surface area contributed by atoms with Crippen molar-refractivity contribution in [1.82, 2.24) is 10.2 Å². The summed E-state index contributed by atoms with van der Waals surface area (Å²) in [6.45, 7) is 9.47. The molecule has 1 N–H and O–H groups in total. The van der Waals surface area contributed by atoms with Crippen LogP contribution in [0, 0.1) is 12.0 Å². The van der Waals surface area contributed by atoms with Crippen LogP contribution in [0.3, 0.4) is 0 Å². The van der Waals surface area contributed by atoms with Gasteiger partial charge in [-0.25, -0.2) is 0 Å². The van der Waals surface area contributed by atoms with Crippen molar-refractivity contribution in [1.29, 1.82) is 0 Å². The van der Waals surface area contributed by atoms with Crippen molar-refractivity contribution in [3.05, 3.63) is 6.54 Å². The molecule has 2 heterocycles. The Kier molecular flexibility index (Phi) is 6.36. The summed E-state index contributed by atoms with van der Waals surface area (Å²) < 4.78 is 0. The fourth-order valence-electron chi connectivity index (χ4n) is 2.71. The van der Waals surface area contributed by atoms with E-state index < -0.39 is 0 Å². The van der Waals surface area contributed by atoms with Gasteiger partial charge in [-0.15, -0.1) is 0 Å². The minimum absolute atomic E-state index is 0. The Morgan fingerprint density at radius 2 is 1.64 bits per heavy atom. The van der Waals surface area contributed by atoms with Crippen molar-refractivity contribution in [2.24, 2.45) is 5.41 Å². The third-order valence-electron chi connectivity index (χ3n) is 3.89. The Bertz CT molecular complexity index is 157. The molecule has 2 nitrogen and oxygen atoms in total. The molecule has 2 aliphatic heterocycles. The van der Waals surface area contributed by atoms with Gasteiger partial charge < -0.3 is 10.2 Å². The van der Waals surface area contributed by atoms with E-state index in [4.69, 9.17) is 0 Å². The Labute approximate surface area is 137 Å². The molecule has 2 fully saturated rings. The summed E-state index contributed by atoms with van der Waals surface area (Å²) >= 11 is 0. The molecule has 0 aliphatic carbocycles. The monoisotopic (exact) mass is 266 g/mol. The zero-order valence-corrected chi connectivity index (χ0v) is 14.6. The van der Waals surface area contributed by atoms with Crippen molar-refractivity contribution in [3.63, 3.8) is 0 Å². The second-order valence-electron chi connectivity index (χ2n) is 4.54. The molecule has 0 aromatic carbocycles. The van der Waals surface area contributed by atoms with E-state index in [1.807, 2.05) is 0 Å². The summed E-state index contributed by atoms with van der Waals surface area (Å²) in [6, 6.07) is 0. The molecule has 0 aromatic heterocycles. The quantitative estimate of drug-likeness (QED) is 0.590. The van der Waals surface area contributed by atoms with E-state index in [0.29, 0.717) is 5.41 Å². The average molecular weight is 267 g/mol. The van der Waals surface area contributed by atoms with E-state index in [9.17, 15) is 0 Å². The second-order valence-corrected chi connectivity index (χ2v) is 4.54. The molecule has 14 heavy (non-hydrogen) atoms. The Morgan fingerprint density at radius 3 is 2.14 bits per heavy atom. The van der Waals surface area contributed by atoms with Crippen LogP contribution in [0.15, 0.2) is 0 Å². The van der Waals surface area contributed by atoms with Gasteiger partial charge in [0, 0.05) is 0 Å². The van der Waals surface area contributed by atoms with Gasteiger partial charge in [-0.3, -0.25) is 6.54 Å². The van der Waals surface area contributed by atoms with Gasteiger partial charge in [0.25, 0.3) is 0 Å². The van der Waals surface area contributed by atoms with Crippen LogP contribution >= 0.6 is 0 Å². The first-order valence-electron chi connectivity index (χ1n) is 5.59. The van der Waals surface area contributed by atoms with Crippen molar-refractivity contribution >= 4 is 0 Å². The van der Waals surface area contributed by atoms with Crippen LogP contribution in [0.25, 0.3) is 0 Å². The molecule has 0 atom stereocenters. The predicted octanol–water partition coefficient (Wildman–Crippen LogP) is -1.36. The van der Waals surface area contributed by atoms with Gasteiger partial charge in [0.2, 0.25) is 0 Å². The molecule has 2 aliphatic rings. The van der Waals surface area contributed by atoms with E-state index in [0.717, 1.165) is 0 Å². The minimum atomic E-state index is 0. The molecule has 0 radical (unpaired) electrons. The van der Waals surface area contributed by atoms with Crippen LogP contribution in [-0.4, -0.2) is 31.1 Å². The van der Waals surface area contributed by atoms with E-state index in [2.05, 4.69) is 23.7 Å². The van der Waals surface area contributed by atoms with Crippen molar-refractivity contribution in [3.8, 4) is 0 Å². The molecule has 0 unspecified atom stereocenters.